The van der Waals surface area contributed by atoms with Crippen molar-refractivity contribution in [3.63, 3.8) is 0 Å². The minimum Gasteiger partial charge on any atom is -0.432 e. The molecule has 0 bridgehead atoms. The second kappa shape index (κ2) is 4.77. The van der Waals surface area contributed by atoms with Crippen LogP contribution in [0, 0.1) is 17.0 Å². The van der Waals surface area contributed by atoms with E-state index in [-0.39, 0.29) is 0 Å². The lowest BCUT2D eigenvalue weighted by atomic mass is 10.3. The van der Waals surface area contributed by atoms with Crippen LogP contribution in [0.4, 0.5) is 18.9 Å². The molecule has 0 spiro atoms. The number of nitro groups is 1. The number of aryl methyl sites for hydroxylation is 1. The van der Waals surface area contributed by atoms with E-state index in [0.717, 1.165) is 6.07 Å². The van der Waals surface area contributed by atoms with Gasteiger partial charge in [0.05, 0.1) is 4.92 Å². The highest BCUT2D eigenvalue weighted by atomic mass is 19.3. The Hall–Kier alpha value is -1.86. The van der Waals surface area contributed by atoms with E-state index < -0.39 is 29.3 Å². The molecular weight excluding hydrogens is 229 g/mol. The summed E-state index contributed by atoms with van der Waals surface area (Å²) < 4.78 is 40.3. The number of hydrogen-bond acceptors (Lipinski definition) is 4. The highest BCUT2D eigenvalue weighted by molar-refractivity contribution is 5.41. The molecule has 0 aliphatic carbocycles. The topological polar surface area (TPSA) is 65.3 Å². The van der Waals surface area contributed by atoms with Crippen LogP contribution in [-0.2, 0) is 0 Å². The maximum atomic E-state index is 12.6. The predicted molar refractivity (Wildman–Crippen MR) is 47.2 cm³/mol. The van der Waals surface area contributed by atoms with Gasteiger partial charge in [-0.05, 0) is 13.0 Å². The molecule has 8 heteroatoms. The molecule has 0 radical (unpaired) electrons. The van der Waals surface area contributed by atoms with Gasteiger partial charge >= 0.3 is 12.1 Å². The molecule has 88 valence electrons. The SMILES string of the molecule is Cc1ccc([N+](=O)[O-])c(OC(F)C(F)F)n1. The molecule has 1 unspecified atom stereocenters. The normalized spacial score (nSPS) is 12.6. The summed E-state index contributed by atoms with van der Waals surface area (Å²) in [5.41, 5.74) is -0.365. The van der Waals surface area contributed by atoms with E-state index in [1.807, 2.05) is 0 Å². The van der Waals surface area contributed by atoms with Crippen molar-refractivity contribution in [2.45, 2.75) is 19.7 Å². The van der Waals surface area contributed by atoms with Gasteiger partial charge in [0.1, 0.15) is 0 Å². The number of ether oxygens (including phenoxy) is 1. The van der Waals surface area contributed by atoms with Gasteiger partial charge in [-0.2, -0.15) is 4.39 Å². The van der Waals surface area contributed by atoms with Gasteiger partial charge in [-0.25, -0.2) is 13.8 Å². The number of nitrogens with zero attached hydrogens (tertiary/aromatic N) is 2. The number of pyridine rings is 1. The van der Waals surface area contributed by atoms with Gasteiger partial charge in [0, 0.05) is 11.8 Å². The van der Waals surface area contributed by atoms with Crippen molar-refractivity contribution in [3.05, 3.63) is 27.9 Å². The van der Waals surface area contributed by atoms with E-state index in [1.165, 1.54) is 13.0 Å². The molecule has 0 aromatic carbocycles. The van der Waals surface area contributed by atoms with E-state index in [0.29, 0.717) is 5.69 Å². The van der Waals surface area contributed by atoms with Crippen molar-refractivity contribution in [3.8, 4) is 5.88 Å². The molecule has 0 saturated heterocycles. The summed E-state index contributed by atoms with van der Waals surface area (Å²) in [5.74, 6) is -0.752. The third-order valence-electron chi connectivity index (χ3n) is 1.60. The molecule has 1 aromatic rings. The summed E-state index contributed by atoms with van der Waals surface area (Å²) in [6, 6.07) is 2.30. The monoisotopic (exact) mass is 236 g/mol. The van der Waals surface area contributed by atoms with E-state index in [9.17, 15) is 23.3 Å². The smallest absolute Gasteiger partial charge is 0.331 e. The van der Waals surface area contributed by atoms with Crippen molar-refractivity contribution in [1.82, 2.24) is 4.98 Å². The Labute approximate surface area is 88.0 Å². The number of rotatable bonds is 4. The molecule has 0 aliphatic rings. The van der Waals surface area contributed by atoms with Crippen LogP contribution in [0.5, 0.6) is 5.88 Å². The zero-order valence-electron chi connectivity index (χ0n) is 8.06. The summed E-state index contributed by atoms with van der Waals surface area (Å²) in [6.45, 7) is 1.46. The van der Waals surface area contributed by atoms with Gasteiger partial charge in [0.2, 0.25) is 0 Å². The third-order valence-corrected chi connectivity index (χ3v) is 1.60. The van der Waals surface area contributed by atoms with E-state index in [2.05, 4.69) is 9.72 Å². The fraction of sp³-hybridized carbons (Fsp3) is 0.375. The van der Waals surface area contributed by atoms with Crippen molar-refractivity contribution < 1.29 is 22.8 Å². The molecule has 0 aliphatic heterocycles. The molecule has 0 N–H and O–H groups in total. The number of hydrogen-bond donors (Lipinski definition) is 0. The second-order valence-electron chi connectivity index (χ2n) is 2.84. The minimum absolute atomic E-state index is 0.294. The van der Waals surface area contributed by atoms with E-state index >= 15 is 0 Å². The van der Waals surface area contributed by atoms with Crippen molar-refractivity contribution in [2.75, 3.05) is 0 Å². The van der Waals surface area contributed by atoms with Crippen LogP contribution < -0.4 is 4.74 Å². The van der Waals surface area contributed by atoms with Gasteiger partial charge in [0.15, 0.2) is 0 Å². The fourth-order valence-corrected chi connectivity index (χ4v) is 0.909. The molecule has 1 heterocycles. The highest BCUT2D eigenvalue weighted by Crippen LogP contribution is 2.26. The molecule has 5 nitrogen and oxygen atoms in total. The Kier molecular flexibility index (Phi) is 3.64. The Bertz CT molecular complexity index is 400. The zero-order valence-corrected chi connectivity index (χ0v) is 8.06. The van der Waals surface area contributed by atoms with Gasteiger partial charge < -0.3 is 4.74 Å². The van der Waals surface area contributed by atoms with Gasteiger partial charge in [-0.1, -0.05) is 0 Å². The summed E-state index contributed by atoms with van der Waals surface area (Å²) in [6.07, 6.45) is -6.32. The standard InChI is InChI=1S/C8H7F3N2O3/c1-4-2-3-5(13(14)15)8(12-4)16-7(11)6(9)10/h2-3,6-7H,1H3. The Morgan fingerprint density at radius 1 is 1.44 bits per heavy atom. The Balaban J connectivity index is 3.01. The Morgan fingerprint density at radius 2 is 2.06 bits per heavy atom. The maximum Gasteiger partial charge on any atom is 0.331 e. The molecule has 0 fully saturated rings. The van der Waals surface area contributed by atoms with Crippen LogP contribution in [0.25, 0.3) is 0 Å². The number of aromatic nitrogens is 1. The van der Waals surface area contributed by atoms with Crippen LogP contribution in [0.2, 0.25) is 0 Å². The summed E-state index contributed by atoms with van der Waals surface area (Å²) in [7, 11) is 0. The van der Waals surface area contributed by atoms with Crippen molar-refractivity contribution in [2.24, 2.45) is 0 Å². The molecule has 16 heavy (non-hydrogen) atoms. The van der Waals surface area contributed by atoms with Crippen LogP contribution in [0.3, 0.4) is 0 Å². The predicted octanol–water partition coefficient (Wildman–Crippen LogP) is 2.24. The average molecular weight is 236 g/mol. The van der Waals surface area contributed by atoms with Crippen molar-refractivity contribution >= 4 is 5.69 Å². The minimum atomic E-state index is -3.39. The van der Waals surface area contributed by atoms with Crippen LogP contribution >= 0.6 is 0 Å². The summed E-state index contributed by atoms with van der Waals surface area (Å²) in [5, 5.41) is 10.5. The first-order valence-electron chi connectivity index (χ1n) is 4.12. The van der Waals surface area contributed by atoms with Gasteiger partial charge in [-0.15, -0.1) is 0 Å². The maximum absolute atomic E-state index is 12.6. The van der Waals surface area contributed by atoms with Crippen LogP contribution in [-0.4, -0.2) is 22.7 Å². The van der Waals surface area contributed by atoms with Crippen LogP contribution in [0.15, 0.2) is 12.1 Å². The van der Waals surface area contributed by atoms with Crippen LogP contribution in [0.1, 0.15) is 5.69 Å². The van der Waals surface area contributed by atoms with E-state index in [4.69, 9.17) is 0 Å². The largest absolute Gasteiger partial charge is 0.432 e. The number of alkyl halides is 3. The highest BCUT2D eigenvalue weighted by Gasteiger charge is 2.26. The fourth-order valence-electron chi connectivity index (χ4n) is 0.909. The summed E-state index contributed by atoms with van der Waals surface area (Å²) in [4.78, 5) is 13.1. The first-order chi connectivity index (χ1) is 7.41. The molecular formula is C8H7F3N2O3. The molecule has 1 rings (SSSR count). The van der Waals surface area contributed by atoms with Crippen molar-refractivity contribution in [1.29, 1.82) is 0 Å². The van der Waals surface area contributed by atoms with Gasteiger partial charge in [-0.3, -0.25) is 10.1 Å². The van der Waals surface area contributed by atoms with Gasteiger partial charge in [0.25, 0.3) is 12.2 Å². The lowest BCUT2D eigenvalue weighted by Crippen LogP contribution is -2.20. The summed E-state index contributed by atoms with van der Waals surface area (Å²) >= 11 is 0. The number of halogens is 3. The molecule has 1 aromatic heterocycles. The first-order valence-corrected chi connectivity index (χ1v) is 4.12. The van der Waals surface area contributed by atoms with E-state index in [1.54, 1.807) is 0 Å². The lowest BCUT2D eigenvalue weighted by Gasteiger charge is -2.09. The Morgan fingerprint density at radius 3 is 2.56 bits per heavy atom. The quantitative estimate of drug-likeness (QED) is 0.594. The molecule has 0 saturated carbocycles. The first kappa shape index (κ1) is 12.2. The second-order valence-corrected chi connectivity index (χ2v) is 2.84. The lowest BCUT2D eigenvalue weighted by molar-refractivity contribution is -0.386. The third kappa shape index (κ3) is 2.81. The molecule has 1 atom stereocenters. The molecule has 0 amide bonds. The average Bonchev–Trinajstić information content (AvgIpc) is 2.16. The zero-order chi connectivity index (χ0) is 12.3.